The molecule has 0 fully saturated rings. The summed E-state index contributed by atoms with van der Waals surface area (Å²) in [6.07, 6.45) is 1.03. The van der Waals surface area contributed by atoms with Gasteiger partial charge in [-0.15, -0.1) is 0 Å². The van der Waals surface area contributed by atoms with Crippen molar-refractivity contribution in [2.45, 2.75) is 11.3 Å². The topological polar surface area (TPSA) is 3.24 Å². The minimum Gasteiger partial charge on any atom is -0.315 e. The van der Waals surface area contributed by atoms with Crippen LogP contribution in [0.25, 0.3) is 0 Å². The van der Waals surface area contributed by atoms with E-state index < -0.39 is 0 Å². The Hall–Kier alpha value is -1.41. The van der Waals surface area contributed by atoms with Gasteiger partial charge in [-0.3, -0.25) is 0 Å². The van der Waals surface area contributed by atoms with Crippen LogP contribution < -0.4 is 4.31 Å². The maximum atomic E-state index is 2.25. The van der Waals surface area contributed by atoms with Gasteiger partial charge < -0.3 is 4.31 Å². The van der Waals surface area contributed by atoms with Crippen molar-refractivity contribution in [2.24, 2.45) is 0 Å². The van der Waals surface area contributed by atoms with E-state index in [9.17, 15) is 0 Å². The van der Waals surface area contributed by atoms with Gasteiger partial charge in [0.25, 0.3) is 0 Å². The Morgan fingerprint density at radius 1 is 0.938 bits per heavy atom. The van der Waals surface area contributed by atoms with Gasteiger partial charge >= 0.3 is 0 Å². The van der Waals surface area contributed by atoms with Crippen molar-refractivity contribution in [1.29, 1.82) is 0 Å². The quantitative estimate of drug-likeness (QED) is 0.631. The van der Waals surface area contributed by atoms with Gasteiger partial charge in [0.15, 0.2) is 0 Å². The summed E-state index contributed by atoms with van der Waals surface area (Å²) in [5.74, 6) is 0. The van der Waals surface area contributed by atoms with Crippen LogP contribution in [0.1, 0.15) is 11.1 Å². The van der Waals surface area contributed by atoms with E-state index in [0.717, 1.165) is 6.42 Å². The zero-order valence-corrected chi connectivity index (χ0v) is 10.00. The number of para-hydroxylation sites is 1. The van der Waals surface area contributed by atoms with Crippen LogP contribution in [0.4, 0.5) is 5.69 Å². The maximum absolute atomic E-state index is 2.25. The molecule has 2 aromatic carbocycles. The van der Waals surface area contributed by atoms with Crippen molar-refractivity contribution >= 4 is 17.6 Å². The number of hydrogen-bond donors (Lipinski definition) is 0. The molecule has 0 N–H and O–H groups in total. The number of anilines is 1. The van der Waals surface area contributed by atoms with Crippen LogP contribution in [-0.2, 0) is 6.42 Å². The van der Waals surface area contributed by atoms with Crippen molar-refractivity contribution in [3.05, 3.63) is 59.7 Å². The third-order valence-electron chi connectivity index (χ3n) is 2.92. The first-order chi connectivity index (χ1) is 7.84. The normalized spacial score (nSPS) is 13.9. The number of nitrogens with zero attached hydrogens (tertiary/aromatic N) is 1. The van der Waals surface area contributed by atoms with E-state index in [-0.39, 0.29) is 0 Å². The zero-order valence-electron chi connectivity index (χ0n) is 9.18. The lowest BCUT2D eigenvalue weighted by Gasteiger charge is -2.17. The molecule has 0 radical (unpaired) electrons. The predicted molar refractivity (Wildman–Crippen MR) is 70.0 cm³/mol. The predicted octanol–water partition coefficient (Wildman–Crippen LogP) is 3.73. The highest BCUT2D eigenvalue weighted by Crippen LogP contribution is 2.37. The second kappa shape index (κ2) is 3.87. The van der Waals surface area contributed by atoms with Crippen LogP contribution in [0.3, 0.4) is 0 Å². The summed E-state index contributed by atoms with van der Waals surface area (Å²) in [5, 5.41) is 0. The van der Waals surface area contributed by atoms with Crippen molar-refractivity contribution in [3.8, 4) is 0 Å². The Kier molecular flexibility index (Phi) is 2.37. The molecule has 16 heavy (non-hydrogen) atoms. The van der Waals surface area contributed by atoms with Crippen molar-refractivity contribution in [2.75, 3.05) is 11.4 Å². The molecule has 1 nitrogen and oxygen atoms in total. The molecule has 0 atom stereocenters. The number of fused-ring (bicyclic) bond motifs is 2. The summed E-state index contributed by atoms with van der Waals surface area (Å²) in [7, 11) is 2.13. The summed E-state index contributed by atoms with van der Waals surface area (Å²) in [5.41, 5.74) is 4.15. The fraction of sp³-hybridized carbons (Fsp3) is 0.143. The highest BCUT2D eigenvalue weighted by molar-refractivity contribution is 8.00. The van der Waals surface area contributed by atoms with Gasteiger partial charge in [0, 0.05) is 18.4 Å². The molecule has 0 aromatic heterocycles. The Labute approximate surface area is 100 Å². The maximum Gasteiger partial charge on any atom is 0.0505 e. The largest absolute Gasteiger partial charge is 0.315 e. The van der Waals surface area contributed by atoms with E-state index in [0.29, 0.717) is 0 Å². The summed E-state index contributed by atoms with van der Waals surface area (Å²) in [6.45, 7) is 0. The van der Waals surface area contributed by atoms with E-state index in [1.165, 1.54) is 21.7 Å². The molecular weight excluding hydrogens is 214 g/mol. The summed E-state index contributed by atoms with van der Waals surface area (Å²) >= 11 is 1.81. The Bertz CT molecular complexity index is 522. The summed E-state index contributed by atoms with van der Waals surface area (Å²) in [4.78, 5) is 1.36. The lowest BCUT2D eigenvalue weighted by atomic mass is 10.0. The van der Waals surface area contributed by atoms with E-state index in [2.05, 4.69) is 59.9 Å². The fourth-order valence-corrected chi connectivity index (χ4v) is 3.08. The van der Waals surface area contributed by atoms with Crippen LogP contribution in [0.5, 0.6) is 0 Å². The van der Waals surface area contributed by atoms with Crippen LogP contribution in [0.15, 0.2) is 53.4 Å². The number of benzene rings is 2. The third-order valence-corrected chi connectivity index (χ3v) is 3.99. The number of rotatable bonds is 0. The molecule has 0 spiro atoms. The van der Waals surface area contributed by atoms with Crippen molar-refractivity contribution < 1.29 is 0 Å². The average molecular weight is 227 g/mol. The first kappa shape index (κ1) is 9.79. The first-order valence-electron chi connectivity index (χ1n) is 5.42. The molecule has 0 saturated carbocycles. The highest BCUT2D eigenvalue weighted by atomic mass is 32.2. The average Bonchev–Trinajstić information content (AvgIpc) is 2.45. The van der Waals surface area contributed by atoms with Gasteiger partial charge in [0.1, 0.15) is 0 Å². The van der Waals surface area contributed by atoms with Crippen LogP contribution >= 0.6 is 11.9 Å². The Morgan fingerprint density at radius 2 is 1.62 bits per heavy atom. The number of hydrogen-bond acceptors (Lipinski definition) is 2. The van der Waals surface area contributed by atoms with Gasteiger partial charge in [-0.25, -0.2) is 0 Å². The molecule has 1 heterocycles. The standard InChI is InChI=1S/C14H13NS/c1-15-13-8-4-2-6-11(13)10-12-7-3-5-9-14(12)16-15/h2-9H,10H2,1H3. The smallest absolute Gasteiger partial charge is 0.0505 e. The SMILES string of the molecule is CN1Sc2ccccc2Cc2ccccc21. The molecule has 1 aliphatic heterocycles. The van der Waals surface area contributed by atoms with E-state index in [4.69, 9.17) is 0 Å². The van der Waals surface area contributed by atoms with Gasteiger partial charge in [0.2, 0.25) is 0 Å². The third kappa shape index (κ3) is 1.59. The van der Waals surface area contributed by atoms with Crippen LogP contribution in [0.2, 0.25) is 0 Å². The monoisotopic (exact) mass is 227 g/mol. The van der Waals surface area contributed by atoms with E-state index in [1.807, 2.05) is 11.9 Å². The van der Waals surface area contributed by atoms with Crippen molar-refractivity contribution in [3.63, 3.8) is 0 Å². The van der Waals surface area contributed by atoms with Gasteiger partial charge in [0.05, 0.1) is 5.69 Å². The lowest BCUT2D eigenvalue weighted by molar-refractivity contribution is 1.14. The van der Waals surface area contributed by atoms with E-state index >= 15 is 0 Å². The fourth-order valence-electron chi connectivity index (χ4n) is 2.11. The summed E-state index contributed by atoms with van der Waals surface area (Å²) < 4.78 is 2.25. The lowest BCUT2D eigenvalue weighted by Crippen LogP contribution is -2.06. The molecular formula is C14H13NS. The van der Waals surface area contributed by atoms with Crippen LogP contribution in [-0.4, -0.2) is 7.05 Å². The van der Waals surface area contributed by atoms with Gasteiger partial charge in [-0.05, 0) is 35.2 Å². The molecule has 80 valence electrons. The van der Waals surface area contributed by atoms with Gasteiger partial charge in [-0.1, -0.05) is 36.4 Å². The second-order valence-corrected chi connectivity index (χ2v) is 5.17. The second-order valence-electron chi connectivity index (χ2n) is 4.00. The summed E-state index contributed by atoms with van der Waals surface area (Å²) in [6, 6.07) is 17.3. The first-order valence-corrected chi connectivity index (χ1v) is 6.19. The van der Waals surface area contributed by atoms with E-state index in [1.54, 1.807) is 0 Å². The molecule has 1 aliphatic rings. The molecule has 0 aliphatic carbocycles. The minimum atomic E-state index is 1.03. The Morgan fingerprint density at radius 3 is 2.50 bits per heavy atom. The van der Waals surface area contributed by atoms with Crippen molar-refractivity contribution in [1.82, 2.24) is 0 Å². The Balaban J connectivity index is 2.15. The molecule has 0 amide bonds. The molecule has 3 rings (SSSR count). The minimum absolute atomic E-state index is 1.03. The molecule has 2 heteroatoms. The molecule has 2 aromatic rings. The highest BCUT2D eigenvalue weighted by Gasteiger charge is 2.16. The molecule has 0 bridgehead atoms. The van der Waals surface area contributed by atoms with Crippen LogP contribution in [0, 0.1) is 0 Å². The molecule has 0 saturated heterocycles. The van der Waals surface area contributed by atoms with Gasteiger partial charge in [-0.2, -0.15) is 0 Å². The zero-order chi connectivity index (χ0) is 11.0. The molecule has 0 unspecified atom stereocenters.